The first kappa shape index (κ1) is 27.1. The van der Waals surface area contributed by atoms with Crippen molar-refractivity contribution in [2.75, 3.05) is 37.6 Å². The van der Waals surface area contributed by atoms with Gasteiger partial charge in [-0.1, -0.05) is 29.3 Å². The van der Waals surface area contributed by atoms with Gasteiger partial charge < -0.3 is 25.0 Å². The molecule has 4 rings (SSSR count). The topological polar surface area (TPSA) is 65.0 Å². The highest BCUT2D eigenvalue weighted by Gasteiger charge is 2.33. The van der Waals surface area contributed by atoms with E-state index in [2.05, 4.69) is 15.1 Å². The maximum absolute atomic E-state index is 13.3. The summed E-state index contributed by atoms with van der Waals surface area (Å²) < 4.78 is 5.92. The molecule has 0 aliphatic carbocycles. The van der Waals surface area contributed by atoms with E-state index in [9.17, 15) is 9.90 Å². The second-order valence-corrected chi connectivity index (χ2v) is 11.7. The summed E-state index contributed by atoms with van der Waals surface area (Å²) in [7, 11) is 0. The monoisotopic (exact) mass is 533 g/mol. The Morgan fingerprint density at radius 2 is 1.81 bits per heavy atom. The maximum Gasteiger partial charge on any atom is 0.225 e. The van der Waals surface area contributed by atoms with Crippen molar-refractivity contribution in [2.45, 2.75) is 57.8 Å². The molecule has 2 aliphatic rings. The smallest absolute Gasteiger partial charge is 0.225 e. The number of aliphatic hydroxyl groups excluding tert-OH is 1. The van der Waals surface area contributed by atoms with Gasteiger partial charge in [0.25, 0.3) is 0 Å². The lowest BCUT2D eigenvalue weighted by molar-refractivity contribution is -0.126. The number of carbonyl (C=O) groups is 1. The molecule has 196 valence electrons. The lowest BCUT2D eigenvalue weighted by Crippen LogP contribution is -2.48. The van der Waals surface area contributed by atoms with Gasteiger partial charge in [-0.15, -0.1) is 0 Å². The fraction of sp³-hybridized carbons (Fsp3) is 0.536. The van der Waals surface area contributed by atoms with Gasteiger partial charge in [-0.2, -0.15) is 0 Å². The molecule has 2 aliphatic heterocycles. The first-order valence-corrected chi connectivity index (χ1v) is 13.5. The Labute approximate surface area is 224 Å². The Hall–Kier alpha value is -1.99. The van der Waals surface area contributed by atoms with E-state index >= 15 is 0 Å². The highest BCUT2D eigenvalue weighted by Crippen LogP contribution is 2.32. The number of hydrogen-bond donors (Lipinski definition) is 2. The molecule has 2 aromatic rings. The molecule has 2 heterocycles. The SMILES string of the molecule is CC(C)(C)Oc1ccc([C@@H](O)[C@@H](CN2CCCC2)NC(=O)[C@@H]2CCN(c3ccc(Cl)cc3)C2)cc1Cl. The summed E-state index contributed by atoms with van der Waals surface area (Å²) in [5, 5.41) is 15.7. The lowest BCUT2D eigenvalue weighted by atomic mass is 9.99. The molecule has 6 nitrogen and oxygen atoms in total. The largest absolute Gasteiger partial charge is 0.487 e. The molecule has 2 saturated heterocycles. The standard InChI is InChI=1S/C28H37Cl2N3O3/c1-28(2,3)36-25-11-6-19(16-23(25)30)26(34)24(18-32-13-4-5-14-32)31-27(35)20-12-15-33(17-20)22-9-7-21(29)8-10-22/h6-11,16,20,24,26,34H,4-5,12-15,17-18H2,1-3H3,(H,31,35)/t20-,24-,26-/m1/s1. The van der Waals surface area contributed by atoms with Gasteiger partial charge in [-0.05, 0) is 95.1 Å². The third-order valence-corrected chi connectivity index (χ3v) is 7.37. The van der Waals surface area contributed by atoms with Crippen LogP contribution in [0.2, 0.25) is 10.0 Å². The summed E-state index contributed by atoms with van der Waals surface area (Å²) in [5.74, 6) is 0.419. The van der Waals surface area contributed by atoms with Crippen molar-refractivity contribution in [1.29, 1.82) is 0 Å². The number of nitrogens with zero attached hydrogens (tertiary/aromatic N) is 2. The van der Waals surface area contributed by atoms with Crippen molar-refractivity contribution in [3.8, 4) is 5.75 Å². The summed E-state index contributed by atoms with van der Waals surface area (Å²) in [5.41, 5.74) is 1.35. The number of halogens is 2. The van der Waals surface area contributed by atoms with Crippen LogP contribution in [-0.2, 0) is 4.79 Å². The molecule has 36 heavy (non-hydrogen) atoms. The van der Waals surface area contributed by atoms with Gasteiger partial charge in [-0.3, -0.25) is 4.79 Å². The molecule has 0 bridgehead atoms. The fourth-order valence-corrected chi connectivity index (χ4v) is 5.33. The number of hydrogen-bond acceptors (Lipinski definition) is 5. The van der Waals surface area contributed by atoms with Crippen LogP contribution in [0.3, 0.4) is 0 Å². The van der Waals surface area contributed by atoms with Crippen LogP contribution in [0, 0.1) is 5.92 Å². The molecular formula is C28H37Cl2N3O3. The first-order chi connectivity index (χ1) is 17.1. The second-order valence-electron chi connectivity index (χ2n) is 10.9. The minimum Gasteiger partial charge on any atom is -0.487 e. The van der Waals surface area contributed by atoms with Gasteiger partial charge in [0.1, 0.15) is 17.5 Å². The average Bonchev–Trinajstić information content (AvgIpc) is 3.52. The van der Waals surface area contributed by atoms with Gasteiger partial charge in [0.2, 0.25) is 5.91 Å². The van der Waals surface area contributed by atoms with Gasteiger partial charge in [0.15, 0.2) is 0 Å². The minimum atomic E-state index is -0.885. The van der Waals surface area contributed by atoms with Crippen LogP contribution in [0.5, 0.6) is 5.75 Å². The molecule has 2 aromatic carbocycles. The van der Waals surface area contributed by atoms with Crippen molar-refractivity contribution in [3.05, 3.63) is 58.1 Å². The van der Waals surface area contributed by atoms with Crippen molar-refractivity contribution in [3.63, 3.8) is 0 Å². The maximum atomic E-state index is 13.3. The lowest BCUT2D eigenvalue weighted by Gasteiger charge is -2.30. The predicted molar refractivity (Wildman–Crippen MR) is 146 cm³/mol. The third-order valence-electron chi connectivity index (χ3n) is 6.83. The molecule has 0 aromatic heterocycles. The molecule has 8 heteroatoms. The Morgan fingerprint density at radius 1 is 1.11 bits per heavy atom. The number of carbonyl (C=O) groups excluding carboxylic acids is 1. The van der Waals surface area contributed by atoms with Crippen LogP contribution in [0.1, 0.15) is 51.7 Å². The molecule has 0 unspecified atom stereocenters. The zero-order chi connectivity index (χ0) is 25.9. The third kappa shape index (κ3) is 7.06. The normalized spacial score (nSPS) is 20.4. The molecule has 0 spiro atoms. The number of likely N-dealkylation sites (tertiary alicyclic amines) is 1. The van der Waals surface area contributed by atoms with Crippen LogP contribution >= 0.6 is 23.2 Å². The van der Waals surface area contributed by atoms with E-state index in [1.807, 2.05) is 51.1 Å². The van der Waals surface area contributed by atoms with Crippen LogP contribution in [0.4, 0.5) is 5.69 Å². The summed E-state index contributed by atoms with van der Waals surface area (Å²) in [6.45, 7) is 9.89. The summed E-state index contributed by atoms with van der Waals surface area (Å²) in [6.07, 6.45) is 2.16. The Morgan fingerprint density at radius 3 is 2.44 bits per heavy atom. The summed E-state index contributed by atoms with van der Waals surface area (Å²) in [6, 6.07) is 12.6. The van der Waals surface area contributed by atoms with Crippen molar-refractivity contribution in [2.24, 2.45) is 5.92 Å². The van der Waals surface area contributed by atoms with Gasteiger partial charge in [-0.25, -0.2) is 0 Å². The Balaban J connectivity index is 1.45. The highest BCUT2D eigenvalue weighted by molar-refractivity contribution is 6.32. The van der Waals surface area contributed by atoms with Gasteiger partial charge in [0.05, 0.1) is 17.0 Å². The van der Waals surface area contributed by atoms with Crippen LogP contribution < -0.4 is 15.0 Å². The van der Waals surface area contributed by atoms with Crippen LogP contribution in [0.25, 0.3) is 0 Å². The number of benzene rings is 2. The van der Waals surface area contributed by atoms with Crippen molar-refractivity contribution >= 4 is 34.8 Å². The molecule has 0 radical (unpaired) electrons. The molecule has 1 amide bonds. The van der Waals surface area contributed by atoms with E-state index in [1.165, 1.54) is 0 Å². The van der Waals surface area contributed by atoms with E-state index in [-0.39, 0.29) is 17.4 Å². The number of ether oxygens (including phenoxy) is 1. The second kappa shape index (κ2) is 11.6. The summed E-state index contributed by atoms with van der Waals surface area (Å²) >= 11 is 12.5. The molecule has 3 atom stereocenters. The number of amides is 1. The number of anilines is 1. The molecular weight excluding hydrogens is 497 g/mol. The first-order valence-electron chi connectivity index (χ1n) is 12.8. The zero-order valence-electron chi connectivity index (χ0n) is 21.3. The number of nitrogens with one attached hydrogen (secondary N) is 1. The highest BCUT2D eigenvalue weighted by atomic mass is 35.5. The van der Waals surface area contributed by atoms with Gasteiger partial charge >= 0.3 is 0 Å². The van der Waals surface area contributed by atoms with Crippen LogP contribution in [-0.4, -0.2) is 60.3 Å². The number of rotatable bonds is 8. The van der Waals surface area contributed by atoms with Crippen LogP contribution in [0.15, 0.2) is 42.5 Å². The zero-order valence-corrected chi connectivity index (χ0v) is 22.9. The van der Waals surface area contributed by atoms with Crippen molar-refractivity contribution < 1.29 is 14.6 Å². The van der Waals surface area contributed by atoms with E-state index in [1.54, 1.807) is 12.1 Å². The molecule has 2 fully saturated rings. The van der Waals surface area contributed by atoms with Crippen molar-refractivity contribution in [1.82, 2.24) is 10.2 Å². The summed E-state index contributed by atoms with van der Waals surface area (Å²) in [4.78, 5) is 17.9. The van der Waals surface area contributed by atoms with E-state index in [0.29, 0.717) is 34.4 Å². The Kier molecular flexibility index (Phi) is 8.71. The molecule has 0 saturated carbocycles. The Bertz CT molecular complexity index is 1040. The number of aliphatic hydroxyl groups is 1. The van der Waals surface area contributed by atoms with E-state index in [4.69, 9.17) is 27.9 Å². The van der Waals surface area contributed by atoms with Gasteiger partial charge in [0, 0.05) is 30.3 Å². The quantitative estimate of drug-likeness (QED) is 0.481. The van der Waals surface area contributed by atoms with E-state index < -0.39 is 12.1 Å². The van der Waals surface area contributed by atoms with E-state index in [0.717, 1.165) is 44.6 Å². The molecule has 2 N–H and O–H groups in total. The minimum absolute atomic E-state index is 0.0199. The fourth-order valence-electron chi connectivity index (χ4n) is 4.98. The average molecular weight is 535 g/mol. The predicted octanol–water partition coefficient (Wildman–Crippen LogP) is 5.31.